The number of benzene rings is 3. The summed E-state index contributed by atoms with van der Waals surface area (Å²) in [5, 5.41) is 0. The third-order valence-corrected chi connectivity index (χ3v) is 4.89. The van der Waals surface area contributed by atoms with Crippen molar-refractivity contribution in [3.8, 4) is 33.5 Å². The molecule has 26 heavy (non-hydrogen) atoms. The number of rotatable bonds is 3. The summed E-state index contributed by atoms with van der Waals surface area (Å²) in [6, 6.07) is 32.3. The van der Waals surface area contributed by atoms with E-state index in [9.17, 15) is 0 Å². The average Bonchev–Trinajstić information content (AvgIpc) is 2.70. The molecule has 0 saturated heterocycles. The van der Waals surface area contributed by atoms with Gasteiger partial charge in [-0.15, -0.1) is 0 Å². The average molecular weight is 336 g/mol. The van der Waals surface area contributed by atoms with Crippen molar-refractivity contribution in [3.63, 3.8) is 0 Å². The second kappa shape index (κ2) is 6.97. The van der Waals surface area contributed by atoms with Crippen molar-refractivity contribution in [1.82, 2.24) is 0 Å². The molecule has 0 N–H and O–H groups in total. The Hall–Kier alpha value is -3.19. The molecule has 0 atom stereocenters. The Labute approximate surface area is 155 Å². The molecule has 1 nitrogen and oxygen atoms in total. The number of aromatic nitrogens is 1. The van der Waals surface area contributed by atoms with E-state index in [1.54, 1.807) is 0 Å². The van der Waals surface area contributed by atoms with Crippen LogP contribution in [0.1, 0.15) is 5.56 Å². The zero-order valence-electron chi connectivity index (χ0n) is 15.2. The highest BCUT2D eigenvalue weighted by molar-refractivity contribution is 5.85. The van der Waals surface area contributed by atoms with Crippen LogP contribution < -0.4 is 4.57 Å². The van der Waals surface area contributed by atoms with E-state index in [1.165, 1.54) is 39.1 Å². The lowest BCUT2D eigenvalue weighted by Crippen LogP contribution is -2.30. The third kappa shape index (κ3) is 3.04. The molecule has 0 radical (unpaired) electrons. The van der Waals surface area contributed by atoms with Crippen molar-refractivity contribution in [1.29, 1.82) is 0 Å². The van der Waals surface area contributed by atoms with Crippen molar-refractivity contribution in [3.05, 3.63) is 103 Å². The zero-order valence-corrected chi connectivity index (χ0v) is 15.2. The van der Waals surface area contributed by atoms with Crippen LogP contribution in [0.25, 0.3) is 33.5 Å². The molecule has 1 aromatic heterocycles. The van der Waals surface area contributed by atoms with Crippen LogP contribution in [-0.4, -0.2) is 0 Å². The summed E-state index contributed by atoms with van der Waals surface area (Å²) in [5.41, 5.74) is 8.80. The Morgan fingerprint density at radius 3 is 1.96 bits per heavy atom. The second-order valence-corrected chi connectivity index (χ2v) is 6.64. The van der Waals surface area contributed by atoms with E-state index in [-0.39, 0.29) is 0 Å². The molecule has 4 aromatic rings. The van der Waals surface area contributed by atoms with Gasteiger partial charge in [0.15, 0.2) is 6.20 Å². The normalized spacial score (nSPS) is 10.7. The van der Waals surface area contributed by atoms with Crippen LogP contribution >= 0.6 is 0 Å². The summed E-state index contributed by atoms with van der Waals surface area (Å²) >= 11 is 0. The Bertz CT molecular complexity index is 1050. The quantitative estimate of drug-likeness (QED) is 0.415. The van der Waals surface area contributed by atoms with Gasteiger partial charge in [-0.25, -0.2) is 4.57 Å². The largest absolute Gasteiger partial charge is 0.212 e. The van der Waals surface area contributed by atoms with Crippen LogP contribution in [0, 0.1) is 6.92 Å². The van der Waals surface area contributed by atoms with Crippen molar-refractivity contribution < 1.29 is 4.57 Å². The number of pyridine rings is 1. The van der Waals surface area contributed by atoms with Crippen LogP contribution in [0.15, 0.2) is 97.2 Å². The topological polar surface area (TPSA) is 3.88 Å². The molecule has 126 valence electrons. The molecule has 0 amide bonds. The Balaban J connectivity index is 1.89. The molecular formula is C25H22N+. The predicted octanol–water partition coefficient (Wildman–Crippen LogP) is 5.82. The van der Waals surface area contributed by atoms with Crippen LogP contribution in [-0.2, 0) is 7.05 Å². The Morgan fingerprint density at radius 2 is 1.23 bits per heavy atom. The Kier molecular flexibility index (Phi) is 4.37. The van der Waals surface area contributed by atoms with E-state index in [2.05, 4.69) is 116 Å². The molecule has 0 aliphatic heterocycles. The highest BCUT2D eigenvalue weighted by Gasteiger charge is 2.14. The van der Waals surface area contributed by atoms with Gasteiger partial charge in [-0.1, -0.05) is 66.7 Å². The number of aryl methyl sites for hydroxylation is 2. The van der Waals surface area contributed by atoms with E-state index in [0.29, 0.717) is 0 Å². The van der Waals surface area contributed by atoms with E-state index in [1.807, 2.05) is 0 Å². The lowest BCUT2D eigenvalue weighted by atomic mass is 9.92. The van der Waals surface area contributed by atoms with Crippen molar-refractivity contribution >= 4 is 0 Å². The minimum atomic E-state index is 1.23. The van der Waals surface area contributed by atoms with Crippen molar-refractivity contribution in [2.75, 3.05) is 0 Å². The molecule has 0 saturated carbocycles. The van der Waals surface area contributed by atoms with Gasteiger partial charge < -0.3 is 0 Å². The van der Waals surface area contributed by atoms with Crippen LogP contribution in [0.4, 0.5) is 0 Å². The van der Waals surface area contributed by atoms with E-state index in [0.717, 1.165) is 0 Å². The monoisotopic (exact) mass is 336 g/mol. The molecule has 0 bridgehead atoms. The summed E-state index contributed by atoms with van der Waals surface area (Å²) < 4.78 is 2.18. The Morgan fingerprint density at radius 1 is 0.577 bits per heavy atom. The minimum Gasteiger partial charge on any atom is -0.201 e. The van der Waals surface area contributed by atoms with Gasteiger partial charge in [0.2, 0.25) is 5.69 Å². The molecular weight excluding hydrogens is 314 g/mol. The first-order valence-corrected chi connectivity index (χ1v) is 8.94. The van der Waals surface area contributed by atoms with Gasteiger partial charge >= 0.3 is 0 Å². The first-order valence-electron chi connectivity index (χ1n) is 8.94. The minimum absolute atomic E-state index is 1.23. The SMILES string of the molecule is Cc1ccc(-c2ccccc2-c2ccccc2)cc1-c1cccc[n+]1C. The smallest absolute Gasteiger partial charge is 0.201 e. The molecule has 0 unspecified atom stereocenters. The molecule has 3 aromatic carbocycles. The number of hydrogen-bond donors (Lipinski definition) is 0. The van der Waals surface area contributed by atoms with Gasteiger partial charge in [0.25, 0.3) is 0 Å². The van der Waals surface area contributed by atoms with Gasteiger partial charge in [-0.2, -0.15) is 0 Å². The number of nitrogens with zero attached hydrogens (tertiary/aromatic N) is 1. The van der Waals surface area contributed by atoms with Crippen molar-refractivity contribution in [2.24, 2.45) is 7.05 Å². The molecule has 0 fully saturated rings. The van der Waals surface area contributed by atoms with E-state index < -0.39 is 0 Å². The maximum Gasteiger partial charge on any atom is 0.212 e. The molecule has 1 heteroatoms. The fourth-order valence-corrected chi connectivity index (χ4v) is 3.47. The highest BCUT2D eigenvalue weighted by atomic mass is 14.9. The first kappa shape index (κ1) is 16.3. The summed E-state index contributed by atoms with van der Waals surface area (Å²) in [5.74, 6) is 0. The van der Waals surface area contributed by atoms with Crippen LogP contribution in [0.2, 0.25) is 0 Å². The summed E-state index contributed by atoms with van der Waals surface area (Å²) in [6.07, 6.45) is 2.10. The molecule has 0 spiro atoms. The number of hydrogen-bond acceptors (Lipinski definition) is 0. The second-order valence-electron chi connectivity index (χ2n) is 6.64. The van der Waals surface area contributed by atoms with Gasteiger partial charge in [0, 0.05) is 17.7 Å². The summed E-state index contributed by atoms with van der Waals surface area (Å²) in [7, 11) is 2.10. The molecule has 4 rings (SSSR count). The lowest BCUT2D eigenvalue weighted by Gasteiger charge is -2.12. The lowest BCUT2D eigenvalue weighted by molar-refractivity contribution is -0.660. The standard InChI is InChI=1S/C25H22N/c1-19-15-16-21(18-24(19)25-14-8-9-17-26(25)2)23-13-7-6-12-22(23)20-10-4-3-5-11-20/h3-18H,1-2H3/q+1. The molecule has 0 aliphatic rings. The van der Waals surface area contributed by atoms with Gasteiger partial charge in [0.1, 0.15) is 7.05 Å². The fourth-order valence-electron chi connectivity index (χ4n) is 3.47. The maximum atomic E-state index is 2.31. The maximum absolute atomic E-state index is 2.31. The molecule has 0 aliphatic carbocycles. The first-order chi connectivity index (χ1) is 12.7. The van der Waals surface area contributed by atoms with Crippen LogP contribution in [0.3, 0.4) is 0 Å². The van der Waals surface area contributed by atoms with Crippen molar-refractivity contribution in [2.45, 2.75) is 6.92 Å². The van der Waals surface area contributed by atoms with E-state index in [4.69, 9.17) is 0 Å². The predicted molar refractivity (Wildman–Crippen MR) is 109 cm³/mol. The fraction of sp³-hybridized carbons (Fsp3) is 0.0800. The zero-order chi connectivity index (χ0) is 17.9. The highest BCUT2D eigenvalue weighted by Crippen LogP contribution is 2.34. The molecule has 1 heterocycles. The summed E-state index contributed by atoms with van der Waals surface area (Å²) in [4.78, 5) is 0. The van der Waals surface area contributed by atoms with Gasteiger partial charge in [-0.3, -0.25) is 0 Å². The summed E-state index contributed by atoms with van der Waals surface area (Å²) in [6.45, 7) is 2.18. The third-order valence-electron chi connectivity index (χ3n) is 4.89. The van der Waals surface area contributed by atoms with E-state index >= 15 is 0 Å². The van der Waals surface area contributed by atoms with Crippen LogP contribution in [0.5, 0.6) is 0 Å². The van der Waals surface area contributed by atoms with Gasteiger partial charge in [-0.05, 0) is 46.9 Å². The van der Waals surface area contributed by atoms with Gasteiger partial charge in [0.05, 0.1) is 0 Å².